The maximum absolute atomic E-state index is 12.8. The van der Waals surface area contributed by atoms with Gasteiger partial charge in [-0.15, -0.1) is 0 Å². The average Bonchev–Trinajstić information content (AvgIpc) is 3.29. The highest BCUT2D eigenvalue weighted by molar-refractivity contribution is 6.01. The van der Waals surface area contributed by atoms with Gasteiger partial charge >= 0.3 is 0 Å². The first-order valence-electron chi connectivity index (χ1n) is 11.9. The van der Waals surface area contributed by atoms with Gasteiger partial charge in [-0.2, -0.15) is 0 Å². The number of carbonyl (C=O) groups excluding carboxylic acids is 2. The summed E-state index contributed by atoms with van der Waals surface area (Å²) >= 11 is 0. The fourth-order valence-corrected chi connectivity index (χ4v) is 4.86. The fourth-order valence-electron chi connectivity index (χ4n) is 4.86. The Bertz CT molecular complexity index is 957. The number of amides is 1. The van der Waals surface area contributed by atoms with E-state index in [1.54, 1.807) is 23.1 Å². The van der Waals surface area contributed by atoms with E-state index in [9.17, 15) is 14.7 Å². The highest BCUT2D eigenvalue weighted by Gasteiger charge is 2.23. The zero-order valence-electron chi connectivity index (χ0n) is 19.3. The van der Waals surface area contributed by atoms with Crippen LogP contribution in [-0.2, 0) is 17.6 Å². The number of fused-ring (bicyclic) bond motifs is 1. The van der Waals surface area contributed by atoms with Crippen molar-refractivity contribution in [2.75, 3.05) is 33.4 Å². The molecule has 6 heteroatoms. The monoisotopic (exact) mass is 451 g/mol. The van der Waals surface area contributed by atoms with Crippen molar-refractivity contribution in [3.8, 4) is 5.75 Å². The molecule has 0 aromatic heterocycles. The number of Topliss-reactive ketones (excluding diaryl/α,β-unsaturated/α-hetero) is 1. The van der Waals surface area contributed by atoms with E-state index in [4.69, 9.17) is 9.47 Å². The summed E-state index contributed by atoms with van der Waals surface area (Å²) in [6.45, 7) is 2.20. The van der Waals surface area contributed by atoms with Crippen LogP contribution in [0.25, 0.3) is 0 Å². The SMILES string of the molecule is COc1cc(C(=O)N2CCOCC2)ccc1C(=O)CC[C@@H](O)CCC1Cc2ccccc2C1. The average molecular weight is 452 g/mol. The zero-order valence-corrected chi connectivity index (χ0v) is 19.3. The minimum atomic E-state index is -0.495. The Hall–Kier alpha value is -2.70. The molecule has 33 heavy (non-hydrogen) atoms. The number of carbonyl (C=O) groups is 2. The third-order valence-corrected chi connectivity index (χ3v) is 6.80. The second-order valence-corrected chi connectivity index (χ2v) is 9.06. The van der Waals surface area contributed by atoms with Gasteiger partial charge in [0.05, 0.1) is 32.0 Å². The number of hydrogen-bond donors (Lipinski definition) is 1. The van der Waals surface area contributed by atoms with Crippen molar-refractivity contribution in [2.24, 2.45) is 5.92 Å². The number of morpholine rings is 1. The molecule has 1 amide bonds. The molecule has 1 heterocycles. The highest BCUT2D eigenvalue weighted by Crippen LogP contribution is 2.30. The normalized spacial score (nSPS) is 17.0. The molecule has 2 aromatic rings. The topological polar surface area (TPSA) is 76.1 Å². The quantitative estimate of drug-likeness (QED) is 0.589. The van der Waals surface area contributed by atoms with Gasteiger partial charge in [-0.1, -0.05) is 24.3 Å². The van der Waals surface area contributed by atoms with Gasteiger partial charge in [-0.3, -0.25) is 9.59 Å². The Morgan fingerprint density at radius 3 is 2.45 bits per heavy atom. The molecule has 0 unspecified atom stereocenters. The number of nitrogens with zero attached hydrogens (tertiary/aromatic N) is 1. The molecule has 0 radical (unpaired) electrons. The van der Waals surface area contributed by atoms with Crippen molar-refractivity contribution in [3.63, 3.8) is 0 Å². The van der Waals surface area contributed by atoms with Crippen LogP contribution in [0, 0.1) is 5.92 Å². The van der Waals surface area contributed by atoms with Gasteiger partial charge < -0.3 is 19.5 Å². The molecule has 2 aliphatic rings. The molecule has 1 aliphatic heterocycles. The summed E-state index contributed by atoms with van der Waals surface area (Å²) < 4.78 is 10.7. The van der Waals surface area contributed by atoms with E-state index < -0.39 is 6.10 Å². The van der Waals surface area contributed by atoms with E-state index in [0.29, 0.717) is 61.9 Å². The van der Waals surface area contributed by atoms with Crippen LogP contribution in [0.2, 0.25) is 0 Å². The van der Waals surface area contributed by atoms with Crippen molar-refractivity contribution < 1.29 is 24.2 Å². The summed E-state index contributed by atoms with van der Waals surface area (Å²) in [5, 5.41) is 10.5. The Kier molecular flexibility index (Phi) is 7.78. The van der Waals surface area contributed by atoms with Crippen LogP contribution in [-0.4, -0.2) is 61.2 Å². The number of methoxy groups -OCH3 is 1. The number of rotatable bonds is 9. The van der Waals surface area contributed by atoms with Gasteiger partial charge in [0, 0.05) is 25.1 Å². The molecule has 0 spiro atoms. The predicted molar refractivity (Wildman–Crippen MR) is 126 cm³/mol. The molecule has 1 saturated heterocycles. The summed E-state index contributed by atoms with van der Waals surface area (Å²) in [7, 11) is 1.50. The van der Waals surface area contributed by atoms with Crippen molar-refractivity contribution in [2.45, 2.75) is 44.6 Å². The Labute approximate surface area is 195 Å². The van der Waals surface area contributed by atoms with E-state index >= 15 is 0 Å². The summed E-state index contributed by atoms with van der Waals surface area (Å²) in [5.41, 5.74) is 3.81. The predicted octanol–water partition coefficient (Wildman–Crippen LogP) is 3.69. The minimum Gasteiger partial charge on any atom is -0.496 e. The smallest absolute Gasteiger partial charge is 0.254 e. The maximum Gasteiger partial charge on any atom is 0.254 e. The molecule has 1 N–H and O–H groups in total. The van der Waals surface area contributed by atoms with Gasteiger partial charge in [0.15, 0.2) is 5.78 Å². The molecule has 1 fully saturated rings. The van der Waals surface area contributed by atoms with E-state index in [1.165, 1.54) is 18.2 Å². The van der Waals surface area contributed by atoms with Gasteiger partial charge in [0.25, 0.3) is 5.91 Å². The van der Waals surface area contributed by atoms with E-state index in [2.05, 4.69) is 24.3 Å². The Morgan fingerprint density at radius 1 is 1.09 bits per heavy atom. The van der Waals surface area contributed by atoms with Gasteiger partial charge in [-0.05, 0) is 67.3 Å². The molecule has 0 saturated carbocycles. The molecule has 0 bridgehead atoms. The molecule has 1 aliphatic carbocycles. The second kappa shape index (κ2) is 10.9. The van der Waals surface area contributed by atoms with Crippen LogP contribution >= 0.6 is 0 Å². The Morgan fingerprint density at radius 2 is 1.79 bits per heavy atom. The number of aliphatic hydroxyl groups is 1. The lowest BCUT2D eigenvalue weighted by Gasteiger charge is -2.27. The first-order chi connectivity index (χ1) is 16.0. The molecular formula is C27H33NO5. The standard InChI is InChI=1S/C27H33NO5/c1-32-26-18-22(27(31)28-12-14-33-15-13-28)7-10-24(26)25(30)11-9-23(29)8-6-19-16-20-4-2-3-5-21(20)17-19/h2-5,7,10,18-19,23,29H,6,8-9,11-17H2,1H3/t23-/m0/s1. The molecule has 176 valence electrons. The first-order valence-corrected chi connectivity index (χ1v) is 11.9. The number of ether oxygens (including phenoxy) is 2. The van der Waals surface area contributed by atoms with Gasteiger partial charge in [0.2, 0.25) is 0 Å². The highest BCUT2D eigenvalue weighted by atomic mass is 16.5. The van der Waals surface area contributed by atoms with E-state index in [1.807, 2.05) is 0 Å². The summed E-state index contributed by atoms with van der Waals surface area (Å²) in [5.74, 6) is 0.811. The maximum atomic E-state index is 12.8. The van der Waals surface area contributed by atoms with E-state index in [-0.39, 0.29) is 18.1 Å². The lowest BCUT2D eigenvalue weighted by molar-refractivity contribution is 0.0302. The number of hydrogen-bond acceptors (Lipinski definition) is 5. The minimum absolute atomic E-state index is 0.0791. The lowest BCUT2D eigenvalue weighted by Crippen LogP contribution is -2.40. The Balaban J connectivity index is 1.27. The molecule has 4 rings (SSSR count). The van der Waals surface area contributed by atoms with Crippen LogP contribution in [0.1, 0.15) is 57.5 Å². The van der Waals surface area contributed by atoms with Crippen LogP contribution in [0.4, 0.5) is 0 Å². The first kappa shape index (κ1) is 23.5. The second-order valence-electron chi connectivity index (χ2n) is 9.06. The van der Waals surface area contributed by atoms with Crippen LogP contribution in [0.3, 0.4) is 0 Å². The van der Waals surface area contributed by atoms with Gasteiger partial charge in [0.1, 0.15) is 5.75 Å². The number of benzene rings is 2. The third-order valence-electron chi connectivity index (χ3n) is 6.80. The van der Waals surface area contributed by atoms with Crippen LogP contribution in [0.15, 0.2) is 42.5 Å². The number of aliphatic hydroxyl groups excluding tert-OH is 1. The van der Waals surface area contributed by atoms with Crippen molar-refractivity contribution >= 4 is 11.7 Å². The third kappa shape index (κ3) is 5.81. The number of ketones is 1. The molecule has 1 atom stereocenters. The lowest BCUT2D eigenvalue weighted by atomic mass is 9.95. The van der Waals surface area contributed by atoms with Crippen molar-refractivity contribution in [3.05, 3.63) is 64.7 Å². The summed E-state index contributed by atoms with van der Waals surface area (Å²) in [6, 6.07) is 13.5. The zero-order chi connectivity index (χ0) is 23.2. The van der Waals surface area contributed by atoms with Crippen LogP contribution in [0.5, 0.6) is 5.75 Å². The van der Waals surface area contributed by atoms with Crippen molar-refractivity contribution in [1.29, 1.82) is 0 Å². The molecule has 6 nitrogen and oxygen atoms in total. The van der Waals surface area contributed by atoms with Crippen LogP contribution < -0.4 is 4.74 Å². The molecular weight excluding hydrogens is 418 g/mol. The van der Waals surface area contributed by atoms with Gasteiger partial charge in [-0.25, -0.2) is 0 Å². The summed E-state index contributed by atoms with van der Waals surface area (Å²) in [6.07, 6.45) is 4.01. The van der Waals surface area contributed by atoms with Crippen molar-refractivity contribution in [1.82, 2.24) is 4.90 Å². The largest absolute Gasteiger partial charge is 0.496 e. The van der Waals surface area contributed by atoms with E-state index in [0.717, 1.165) is 19.3 Å². The molecule has 2 aromatic carbocycles. The fraction of sp³-hybridized carbons (Fsp3) is 0.481. The summed E-state index contributed by atoms with van der Waals surface area (Å²) in [4.78, 5) is 27.3.